The summed E-state index contributed by atoms with van der Waals surface area (Å²) in [5.41, 5.74) is 7.00. The van der Waals surface area contributed by atoms with Crippen molar-refractivity contribution in [2.45, 2.75) is 32.5 Å². The molecule has 106 valence electrons. The first-order valence-corrected chi connectivity index (χ1v) is 6.57. The van der Waals surface area contributed by atoms with Gasteiger partial charge in [0, 0.05) is 18.3 Å². The summed E-state index contributed by atoms with van der Waals surface area (Å²) in [7, 11) is 0. The van der Waals surface area contributed by atoms with Crippen LogP contribution in [0.4, 0.5) is 0 Å². The second-order valence-corrected chi connectivity index (χ2v) is 5.44. The molecule has 2 rings (SSSR count). The third-order valence-electron chi connectivity index (χ3n) is 2.91. The number of nitrogens with two attached hydrogens (primary N) is 1. The zero-order valence-electron chi connectivity index (χ0n) is 11.8. The molecule has 0 radical (unpaired) electrons. The average molecular weight is 272 g/mol. The number of rotatable bonds is 5. The van der Waals surface area contributed by atoms with Gasteiger partial charge in [-0.25, -0.2) is 0 Å². The average Bonchev–Trinajstić information content (AvgIpc) is 2.83. The molecular formula is C15H20N4O. The molecule has 0 aliphatic carbocycles. The molecule has 1 aromatic carbocycles. The van der Waals surface area contributed by atoms with E-state index in [4.69, 9.17) is 5.73 Å². The molecule has 0 atom stereocenters. The second kappa shape index (κ2) is 5.88. The Balaban J connectivity index is 1.91. The summed E-state index contributed by atoms with van der Waals surface area (Å²) in [5, 5.41) is 7.08. The Labute approximate surface area is 118 Å². The molecule has 5 nitrogen and oxygen atoms in total. The second-order valence-electron chi connectivity index (χ2n) is 5.44. The van der Waals surface area contributed by atoms with E-state index in [0.717, 1.165) is 12.1 Å². The number of amides is 1. The number of benzene rings is 1. The molecule has 2 aromatic rings. The van der Waals surface area contributed by atoms with E-state index in [-0.39, 0.29) is 5.91 Å². The molecule has 1 amide bonds. The normalized spacial score (nSPS) is 11.3. The van der Waals surface area contributed by atoms with E-state index in [1.807, 2.05) is 29.1 Å². The van der Waals surface area contributed by atoms with Gasteiger partial charge in [0.05, 0.1) is 18.3 Å². The molecule has 0 unspecified atom stereocenters. The molecule has 1 aromatic heterocycles. The van der Waals surface area contributed by atoms with Gasteiger partial charge in [0.1, 0.15) is 0 Å². The lowest BCUT2D eigenvalue weighted by atomic mass is 10.1. The molecule has 0 saturated heterocycles. The van der Waals surface area contributed by atoms with Crippen LogP contribution < -0.4 is 11.1 Å². The van der Waals surface area contributed by atoms with Crippen LogP contribution in [-0.4, -0.2) is 21.2 Å². The van der Waals surface area contributed by atoms with Gasteiger partial charge in [-0.3, -0.25) is 9.48 Å². The smallest absolute Gasteiger partial charge is 0.239 e. The molecule has 0 spiro atoms. The number of hydrogen-bond donors (Lipinski definition) is 2. The molecule has 20 heavy (non-hydrogen) atoms. The highest BCUT2D eigenvalue weighted by Crippen LogP contribution is 2.04. The van der Waals surface area contributed by atoms with Gasteiger partial charge in [-0.2, -0.15) is 5.10 Å². The number of hydrogen-bond acceptors (Lipinski definition) is 3. The van der Waals surface area contributed by atoms with E-state index < -0.39 is 5.54 Å². The van der Waals surface area contributed by atoms with Crippen LogP contribution in [-0.2, 0) is 17.9 Å². The minimum absolute atomic E-state index is 0.173. The Morgan fingerprint density at radius 3 is 2.65 bits per heavy atom. The SMILES string of the molecule is CC(C)(N)C(=O)NCc1cnn(Cc2ccccc2)c1. The lowest BCUT2D eigenvalue weighted by Gasteiger charge is -2.17. The van der Waals surface area contributed by atoms with E-state index in [0.29, 0.717) is 6.54 Å². The minimum Gasteiger partial charge on any atom is -0.350 e. The van der Waals surface area contributed by atoms with Crippen molar-refractivity contribution in [1.82, 2.24) is 15.1 Å². The zero-order valence-corrected chi connectivity index (χ0v) is 11.8. The number of carbonyl (C=O) groups excluding carboxylic acids is 1. The Kier molecular flexibility index (Phi) is 4.20. The summed E-state index contributed by atoms with van der Waals surface area (Å²) in [6.07, 6.45) is 3.68. The zero-order chi connectivity index (χ0) is 14.6. The molecule has 0 aliphatic rings. The highest BCUT2D eigenvalue weighted by molar-refractivity contribution is 5.84. The third-order valence-corrected chi connectivity index (χ3v) is 2.91. The first kappa shape index (κ1) is 14.3. The van der Waals surface area contributed by atoms with Crippen LogP contribution in [0, 0.1) is 0 Å². The van der Waals surface area contributed by atoms with E-state index in [2.05, 4.69) is 22.5 Å². The molecule has 0 fully saturated rings. The van der Waals surface area contributed by atoms with Gasteiger partial charge < -0.3 is 11.1 Å². The van der Waals surface area contributed by atoms with Crippen LogP contribution in [0.15, 0.2) is 42.7 Å². The summed E-state index contributed by atoms with van der Waals surface area (Å²) in [6, 6.07) is 10.1. The van der Waals surface area contributed by atoms with Crippen molar-refractivity contribution < 1.29 is 4.79 Å². The lowest BCUT2D eigenvalue weighted by Crippen LogP contribution is -2.48. The van der Waals surface area contributed by atoms with Gasteiger partial charge in [0.15, 0.2) is 0 Å². The van der Waals surface area contributed by atoms with Gasteiger partial charge >= 0.3 is 0 Å². The number of nitrogens with one attached hydrogen (secondary N) is 1. The molecule has 0 saturated carbocycles. The predicted molar refractivity (Wildman–Crippen MR) is 77.9 cm³/mol. The molecule has 0 aliphatic heterocycles. The standard InChI is InChI=1S/C15H20N4O/c1-15(2,16)14(20)17-8-13-9-18-19(11-13)10-12-6-4-3-5-7-12/h3-7,9,11H,8,10,16H2,1-2H3,(H,17,20). The summed E-state index contributed by atoms with van der Waals surface area (Å²) >= 11 is 0. The summed E-state index contributed by atoms with van der Waals surface area (Å²) in [4.78, 5) is 11.7. The van der Waals surface area contributed by atoms with Crippen molar-refractivity contribution in [1.29, 1.82) is 0 Å². The Morgan fingerprint density at radius 1 is 1.30 bits per heavy atom. The summed E-state index contributed by atoms with van der Waals surface area (Å²) < 4.78 is 1.85. The number of carbonyl (C=O) groups is 1. The Morgan fingerprint density at radius 2 is 2.00 bits per heavy atom. The van der Waals surface area contributed by atoms with Crippen molar-refractivity contribution in [2.75, 3.05) is 0 Å². The minimum atomic E-state index is -0.861. The summed E-state index contributed by atoms with van der Waals surface area (Å²) in [6.45, 7) is 4.52. The van der Waals surface area contributed by atoms with E-state index >= 15 is 0 Å². The van der Waals surface area contributed by atoms with Crippen LogP contribution in [0.3, 0.4) is 0 Å². The van der Waals surface area contributed by atoms with Crippen LogP contribution in [0.2, 0.25) is 0 Å². The van der Waals surface area contributed by atoms with Crippen LogP contribution in [0.1, 0.15) is 25.0 Å². The fourth-order valence-corrected chi connectivity index (χ4v) is 1.76. The van der Waals surface area contributed by atoms with E-state index in [1.165, 1.54) is 5.56 Å². The van der Waals surface area contributed by atoms with E-state index in [9.17, 15) is 4.79 Å². The van der Waals surface area contributed by atoms with E-state index in [1.54, 1.807) is 20.0 Å². The highest BCUT2D eigenvalue weighted by atomic mass is 16.2. The Hall–Kier alpha value is -2.14. The fraction of sp³-hybridized carbons (Fsp3) is 0.333. The van der Waals surface area contributed by atoms with Gasteiger partial charge in [-0.15, -0.1) is 0 Å². The van der Waals surface area contributed by atoms with Crippen LogP contribution in [0.5, 0.6) is 0 Å². The first-order valence-electron chi connectivity index (χ1n) is 6.57. The maximum absolute atomic E-state index is 11.7. The largest absolute Gasteiger partial charge is 0.350 e. The van der Waals surface area contributed by atoms with Crippen molar-refractivity contribution >= 4 is 5.91 Å². The highest BCUT2D eigenvalue weighted by Gasteiger charge is 2.21. The van der Waals surface area contributed by atoms with Gasteiger partial charge in [0.2, 0.25) is 5.91 Å². The van der Waals surface area contributed by atoms with Gasteiger partial charge in [-0.05, 0) is 19.4 Å². The molecule has 3 N–H and O–H groups in total. The van der Waals surface area contributed by atoms with Crippen molar-refractivity contribution in [2.24, 2.45) is 5.73 Å². The van der Waals surface area contributed by atoms with Crippen molar-refractivity contribution in [3.63, 3.8) is 0 Å². The molecule has 0 bridgehead atoms. The quantitative estimate of drug-likeness (QED) is 0.861. The fourth-order valence-electron chi connectivity index (χ4n) is 1.76. The topological polar surface area (TPSA) is 72.9 Å². The van der Waals surface area contributed by atoms with Crippen molar-refractivity contribution in [3.8, 4) is 0 Å². The van der Waals surface area contributed by atoms with Crippen LogP contribution in [0.25, 0.3) is 0 Å². The lowest BCUT2D eigenvalue weighted by molar-refractivity contribution is -0.125. The Bertz CT molecular complexity index is 569. The van der Waals surface area contributed by atoms with Crippen LogP contribution >= 0.6 is 0 Å². The van der Waals surface area contributed by atoms with Gasteiger partial charge in [0.25, 0.3) is 0 Å². The maximum atomic E-state index is 11.7. The first-order chi connectivity index (χ1) is 9.45. The van der Waals surface area contributed by atoms with Crippen molar-refractivity contribution in [3.05, 3.63) is 53.9 Å². The third kappa shape index (κ3) is 3.93. The molecule has 1 heterocycles. The number of nitrogens with zero attached hydrogens (tertiary/aromatic N) is 2. The summed E-state index contributed by atoms with van der Waals surface area (Å²) in [5.74, 6) is -0.173. The van der Waals surface area contributed by atoms with Gasteiger partial charge in [-0.1, -0.05) is 30.3 Å². The maximum Gasteiger partial charge on any atom is 0.239 e. The molecular weight excluding hydrogens is 252 g/mol. The predicted octanol–water partition coefficient (Wildman–Crippen LogP) is 1.28. The number of aromatic nitrogens is 2. The molecule has 5 heteroatoms. The monoisotopic (exact) mass is 272 g/mol.